The van der Waals surface area contributed by atoms with Crippen LogP contribution in [-0.4, -0.2) is 29.0 Å². The molecule has 0 amide bonds. The zero-order valence-corrected chi connectivity index (χ0v) is 16.8. The molecule has 1 aliphatic heterocycles. The van der Waals surface area contributed by atoms with Gasteiger partial charge in [0, 0.05) is 16.7 Å². The molecule has 0 unspecified atom stereocenters. The lowest BCUT2D eigenvalue weighted by Gasteiger charge is -2.13. The number of aromatic nitrogens is 2. The zero-order valence-electron chi connectivity index (χ0n) is 15.2. The average Bonchev–Trinajstić information content (AvgIpc) is 2.91. The highest BCUT2D eigenvalue weighted by molar-refractivity contribution is 7.99. The SMILES string of the molecule is CC(C)(C)c1noc(CCCSc2c(Cl)ccc3c2CCNCC3)n1. The molecule has 0 saturated carbocycles. The minimum absolute atomic E-state index is 0.0698. The van der Waals surface area contributed by atoms with Gasteiger partial charge in [0.05, 0.1) is 5.02 Å². The summed E-state index contributed by atoms with van der Waals surface area (Å²) >= 11 is 8.33. The molecule has 0 radical (unpaired) electrons. The first-order chi connectivity index (χ1) is 11.9. The maximum atomic E-state index is 6.48. The molecule has 1 N–H and O–H groups in total. The van der Waals surface area contributed by atoms with Crippen LogP contribution >= 0.6 is 23.4 Å². The van der Waals surface area contributed by atoms with Crippen molar-refractivity contribution in [3.05, 3.63) is 40.0 Å². The lowest BCUT2D eigenvalue weighted by molar-refractivity contribution is 0.362. The highest BCUT2D eigenvalue weighted by atomic mass is 35.5. The van der Waals surface area contributed by atoms with E-state index in [0.717, 1.165) is 61.3 Å². The second-order valence-corrected chi connectivity index (χ2v) is 8.99. The van der Waals surface area contributed by atoms with E-state index in [1.54, 1.807) is 0 Å². The number of rotatable bonds is 5. The third-order valence-corrected chi connectivity index (χ3v) is 6.03. The van der Waals surface area contributed by atoms with Crippen molar-refractivity contribution in [2.45, 2.75) is 56.8 Å². The second kappa shape index (κ2) is 8.11. The number of halogens is 1. The van der Waals surface area contributed by atoms with Crippen molar-refractivity contribution in [1.82, 2.24) is 15.5 Å². The molecule has 0 saturated heterocycles. The summed E-state index contributed by atoms with van der Waals surface area (Å²) < 4.78 is 5.37. The molecule has 4 nitrogen and oxygen atoms in total. The Morgan fingerprint density at radius 1 is 1.24 bits per heavy atom. The largest absolute Gasteiger partial charge is 0.339 e. The quantitative estimate of drug-likeness (QED) is 0.615. The average molecular weight is 380 g/mol. The summed E-state index contributed by atoms with van der Waals surface area (Å²) in [5.74, 6) is 2.50. The third-order valence-electron chi connectivity index (χ3n) is 4.35. The Hall–Kier alpha value is -1.04. The lowest BCUT2D eigenvalue weighted by Crippen LogP contribution is -2.16. The number of nitrogens with one attached hydrogen (secondary N) is 1. The van der Waals surface area contributed by atoms with Crippen molar-refractivity contribution in [1.29, 1.82) is 0 Å². The van der Waals surface area contributed by atoms with Crippen LogP contribution in [0, 0.1) is 0 Å². The van der Waals surface area contributed by atoms with E-state index >= 15 is 0 Å². The maximum Gasteiger partial charge on any atom is 0.226 e. The summed E-state index contributed by atoms with van der Waals surface area (Å²) in [7, 11) is 0. The van der Waals surface area contributed by atoms with Crippen LogP contribution in [0.2, 0.25) is 5.02 Å². The molecule has 0 aliphatic carbocycles. The van der Waals surface area contributed by atoms with Gasteiger partial charge in [0.2, 0.25) is 5.89 Å². The molecule has 0 spiro atoms. The number of nitrogens with zero attached hydrogens (tertiary/aromatic N) is 2. The van der Waals surface area contributed by atoms with Crippen LogP contribution in [0.25, 0.3) is 0 Å². The van der Waals surface area contributed by atoms with E-state index in [-0.39, 0.29) is 5.41 Å². The number of thioether (sulfide) groups is 1. The Labute approximate surface area is 159 Å². The van der Waals surface area contributed by atoms with Crippen molar-refractivity contribution in [2.75, 3.05) is 18.8 Å². The lowest BCUT2D eigenvalue weighted by atomic mass is 9.96. The maximum absolute atomic E-state index is 6.48. The monoisotopic (exact) mass is 379 g/mol. The Kier molecular flexibility index (Phi) is 6.08. The molecule has 0 fully saturated rings. The standard InChI is InChI=1S/C19H26ClN3OS/c1-19(2,3)18-22-16(24-23-18)5-4-12-25-17-14-9-11-21-10-8-13(14)6-7-15(17)20/h6-7,21H,4-5,8-12H2,1-3H3. The molecule has 1 aromatic heterocycles. The fraction of sp³-hybridized carbons (Fsp3) is 0.579. The van der Waals surface area contributed by atoms with Crippen LogP contribution in [0.4, 0.5) is 0 Å². The first-order valence-corrected chi connectivity index (χ1v) is 10.3. The van der Waals surface area contributed by atoms with Crippen molar-refractivity contribution in [2.24, 2.45) is 0 Å². The minimum Gasteiger partial charge on any atom is -0.339 e. The summed E-state index contributed by atoms with van der Waals surface area (Å²) in [6.07, 6.45) is 3.94. The fourth-order valence-corrected chi connectivity index (χ4v) is 4.37. The van der Waals surface area contributed by atoms with Gasteiger partial charge in [-0.2, -0.15) is 4.98 Å². The molecule has 2 heterocycles. The predicted octanol–water partition coefficient (Wildman–Crippen LogP) is 4.43. The Balaban J connectivity index is 1.58. The highest BCUT2D eigenvalue weighted by Crippen LogP contribution is 2.34. The van der Waals surface area contributed by atoms with Gasteiger partial charge in [0.1, 0.15) is 0 Å². The molecule has 1 aromatic carbocycles. The van der Waals surface area contributed by atoms with E-state index in [1.807, 2.05) is 17.8 Å². The number of hydrogen-bond donors (Lipinski definition) is 1. The van der Waals surface area contributed by atoms with Gasteiger partial charge >= 0.3 is 0 Å². The van der Waals surface area contributed by atoms with E-state index < -0.39 is 0 Å². The van der Waals surface area contributed by atoms with Crippen molar-refractivity contribution in [3.8, 4) is 0 Å². The van der Waals surface area contributed by atoms with Gasteiger partial charge in [-0.1, -0.05) is 43.6 Å². The molecule has 0 bridgehead atoms. The Bertz CT molecular complexity index is 724. The van der Waals surface area contributed by atoms with Gasteiger partial charge in [0.15, 0.2) is 5.82 Å². The molecule has 1 aliphatic rings. The summed E-state index contributed by atoms with van der Waals surface area (Å²) in [5.41, 5.74) is 2.79. The summed E-state index contributed by atoms with van der Waals surface area (Å²) in [5, 5.41) is 8.42. The van der Waals surface area contributed by atoms with Crippen molar-refractivity contribution in [3.63, 3.8) is 0 Å². The van der Waals surface area contributed by atoms with Crippen molar-refractivity contribution < 1.29 is 4.52 Å². The Morgan fingerprint density at radius 2 is 2.04 bits per heavy atom. The van der Waals surface area contributed by atoms with E-state index in [1.165, 1.54) is 16.0 Å². The van der Waals surface area contributed by atoms with E-state index in [0.29, 0.717) is 0 Å². The normalized spacial score (nSPS) is 15.0. The molecule has 6 heteroatoms. The van der Waals surface area contributed by atoms with Crippen LogP contribution in [0.15, 0.2) is 21.6 Å². The fourth-order valence-electron chi connectivity index (χ4n) is 2.92. The van der Waals surface area contributed by atoms with E-state index in [4.69, 9.17) is 16.1 Å². The van der Waals surface area contributed by atoms with Gasteiger partial charge in [-0.05, 0) is 55.3 Å². The van der Waals surface area contributed by atoms with Gasteiger partial charge < -0.3 is 9.84 Å². The summed E-state index contributed by atoms with van der Waals surface area (Å²) in [6.45, 7) is 8.35. The molecule has 3 rings (SSSR count). The van der Waals surface area contributed by atoms with Gasteiger partial charge in [-0.25, -0.2) is 0 Å². The topological polar surface area (TPSA) is 51.0 Å². The minimum atomic E-state index is -0.0698. The van der Waals surface area contributed by atoms with Crippen LogP contribution < -0.4 is 5.32 Å². The van der Waals surface area contributed by atoms with Gasteiger partial charge in [-0.3, -0.25) is 0 Å². The number of aryl methyl sites for hydroxylation is 1. The highest BCUT2D eigenvalue weighted by Gasteiger charge is 2.21. The second-order valence-electron chi connectivity index (χ2n) is 7.48. The van der Waals surface area contributed by atoms with E-state index in [9.17, 15) is 0 Å². The summed E-state index contributed by atoms with van der Waals surface area (Å²) in [6, 6.07) is 4.23. The molecule has 0 atom stereocenters. The molecular weight excluding hydrogens is 354 g/mol. The number of fused-ring (bicyclic) bond motifs is 1. The number of benzene rings is 1. The molecular formula is C19H26ClN3OS. The van der Waals surface area contributed by atoms with Crippen LogP contribution in [0.3, 0.4) is 0 Å². The van der Waals surface area contributed by atoms with Gasteiger partial charge in [-0.15, -0.1) is 11.8 Å². The summed E-state index contributed by atoms with van der Waals surface area (Å²) in [4.78, 5) is 5.76. The van der Waals surface area contributed by atoms with Crippen molar-refractivity contribution >= 4 is 23.4 Å². The molecule has 25 heavy (non-hydrogen) atoms. The van der Waals surface area contributed by atoms with Crippen LogP contribution in [0.5, 0.6) is 0 Å². The molecule has 2 aromatic rings. The first kappa shape index (κ1) is 18.7. The van der Waals surface area contributed by atoms with Gasteiger partial charge in [0.25, 0.3) is 0 Å². The third kappa shape index (κ3) is 4.78. The van der Waals surface area contributed by atoms with E-state index in [2.05, 4.69) is 42.3 Å². The van der Waals surface area contributed by atoms with Crippen LogP contribution in [-0.2, 0) is 24.7 Å². The first-order valence-electron chi connectivity index (χ1n) is 8.92. The predicted molar refractivity (Wildman–Crippen MR) is 104 cm³/mol. The zero-order chi connectivity index (χ0) is 17.9. The smallest absolute Gasteiger partial charge is 0.226 e. The van der Waals surface area contributed by atoms with Crippen LogP contribution in [0.1, 0.15) is 50.0 Å². The Morgan fingerprint density at radius 3 is 2.80 bits per heavy atom. The number of hydrogen-bond acceptors (Lipinski definition) is 5. The molecule has 136 valence electrons.